The maximum atomic E-state index is 13.0. The van der Waals surface area contributed by atoms with Gasteiger partial charge in [0.25, 0.3) is 5.91 Å². The molecule has 1 aromatic heterocycles. The van der Waals surface area contributed by atoms with Gasteiger partial charge in [0.05, 0.1) is 5.69 Å². The van der Waals surface area contributed by atoms with E-state index in [4.69, 9.17) is 16.0 Å². The molecule has 0 saturated carbocycles. The molecule has 7 heteroatoms. The maximum Gasteiger partial charge on any atom is 0.325 e. The molecule has 0 spiro atoms. The van der Waals surface area contributed by atoms with E-state index in [1.54, 1.807) is 19.1 Å². The molecule has 0 aliphatic carbocycles. The van der Waals surface area contributed by atoms with Gasteiger partial charge in [-0.2, -0.15) is 0 Å². The summed E-state index contributed by atoms with van der Waals surface area (Å²) < 4.78 is 5.84. The Morgan fingerprint density at radius 3 is 2.46 bits per heavy atom. The van der Waals surface area contributed by atoms with Crippen LogP contribution in [0, 0.1) is 6.92 Å². The van der Waals surface area contributed by atoms with Crippen LogP contribution in [0.2, 0.25) is 5.02 Å². The molecule has 142 valence electrons. The number of aryl methyl sites for hydroxylation is 1. The number of urea groups is 1. The molecule has 0 unspecified atom stereocenters. The van der Waals surface area contributed by atoms with Gasteiger partial charge < -0.3 is 9.73 Å². The highest BCUT2D eigenvalue weighted by atomic mass is 35.5. The number of hydrogen-bond acceptors (Lipinski definition) is 4. The third-order valence-electron chi connectivity index (χ3n) is 4.87. The second-order valence-electron chi connectivity index (χ2n) is 6.84. The summed E-state index contributed by atoms with van der Waals surface area (Å²) in [5.74, 6) is 0.542. The van der Waals surface area contributed by atoms with Crippen LogP contribution in [0.3, 0.4) is 0 Å². The first-order chi connectivity index (χ1) is 13.4. The van der Waals surface area contributed by atoms with Crippen molar-refractivity contribution in [3.63, 3.8) is 0 Å². The number of halogens is 1. The average Bonchev–Trinajstić information content (AvgIpc) is 3.16. The van der Waals surface area contributed by atoms with Crippen molar-refractivity contribution in [2.24, 2.45) is 0 Å². The quantitative estimate of drug-likeness (QED) is 0.669. The number of rotatable bonds is 4. The van der Waals surface area contributed by atoms with Crippen LogP contribution in [-0.4, -0.2) is 21.8 Å². The number of aromatic nitrogens is 1. The highest BCUT2D eigenvalue weighted by Crippen LogP contribution is 2.31. The highest BCUT2D eigenvalue weighted by Gasteiger charge is 2.49. The number of hydrogen-bond donors (Lipinski definition) is 1. The van der Waals surface area contributed by atoms with Crippen LogP contribution in [0.1, 0.15) is 24.1 Å². The van der Waals surface area contributed by atoms with Gasteiger partial charge >= 0.3 is 6.03 Å². The maximum absolute atomic E-state index is 13.0. The van der Waals surface area contributed by atoms with Crippen LogP contribution in [0.15, 0.2) is 59.0 Å². The van der Waals surface area contributed by atoms with Gasteiger partial charge in [-0.05, 0) is 43.7 Å². The Morgan fingerprint density at radius 1 is 1.11 bits per heavy atom. The number of nitrogens with zero attached hydrogens (tertiary/aromatic N) is 2. The van der Waals surface area contributed by atoms with E-state index in [9.17, 15) is 9.59 Å². The molecule has 1 aliphatic heterocycles. The van der Waals surface area contributed by atoms with Gasteiger partial charge in [-0.25, -0.2) is 9.78 Å². The fraction of sp³-hybridized carbons (Fsp3) is 0.190. The van der Waals surface area contributed by atoms with Crippen molar-refractivity contribution < 1.29 is 14.0 Å². The Kier molecular flexibility index (Phi) is 4.43. The van der Waals surface area contributed by atoms with E-state index in [0.717, 1.165) is 16.0 Å². The van der Waals surface area contributed by atoms with Crippen LogP contribution < -0.4 is 5.32 Å². The fourth-order valence-corrected chi connectivity index (χ4v) is 3.46. The summed E-state index contributed by atoms with van der Waals surface area (Å²) >= 11 is 5.93. The number of carbonyl (C=O) groups excluding carboxylic acids is 2. The second-order valence-corrected chi connectivity index (χ2v) is 7.28. The van der Waals surface area contributed by atoms with Crippen LogP contribution in [0.25, 0.3) is 11.3 Å². The monoisotopic (exact) mass is 395 g/mol. The molecule has 3 amide bonds. The first-order valence-corrected chi connectivity index (χ1v) is 9.18. The second kappa shape index (κ2) is 6.80. The molecule has 3 aromatic rings. The van der Waals surface area contributed by atoms with Crippen LogP contribution in [-0.2, 0) is 16.9 Å². The van der Waals surface area contributed by atoms with E-state index < -0.39 is 11.6 Å². The van der Waals surface area contributed by atoms with Gasteiger partial charge in [-0.15, -0.1) is 0 Å². The first kappa shape index (κ1) is 18.3. The van der Waals surface area contributed by atoms with Crippen LogP contribution >= 0.6 is 11.6 Å². The summed E-state index contributed by atoms with van der Waals surface area (Å²) in [6.07, 6.45) is 0. The van der Waals surface area contributed by atoms with Gasteiger partial charge in [0, 0.05) is 10.6 Å². The average molecular weight is 396 g/mol. The number of imide groups is 1. The fourth-order valence-electron chi connectivity index (χ4n) is 3.33. The van der Waals surface area contributed by atoms with Crippen molar-refractivity contribution in [1.82, 2.24) is 15.2 Å². The molecule has 28 heavy (non-hydrogen) atoms. The van der Waals surface area contributed by atoms with E-state index in [2.05, 4.69) is 10.3 Å². The lowest BCUT2D eigenvalue weighted by Crippen LogP contribution is -2.40. The zero-order chi connectivity index (χ0) is 19.9. The SMILES string of the molecule is Cc1nc(CN2C(=O)N[C@@](C)(c3ccccc3)C2=O)oc1-c1ccc(Cl)cc1. The number of amides is 3. The normalized spacial score (nSPS) is 19.2. The van der Waals surface area contributed by atoms with Crippen molar-refractivity contribution >= 4 is 23.5 Å². The lowest BCUT2D eigenvalue weighted by atomic mass is 9.92. The Bertz CT molecular complexity index is 1050. The molecule has 0 radical (unpaired) electrons. The van der Waals surface area contributed by atoms with Crippen molar-refractivity contribution in [2.75, 3.05) is 0 Å². The van der Waals surface area contributed by atoms with E-state index in [0.29, 0.717) is 22.4 Å². The van der Waals surface area contributed by atoms with E-state index >= 15 is 0 Å². The van der Waals surface area contributed by atoms with Gasteiger partial charge in [-0.1, -0.05) is 41.9 Å². The predicted molar refractivity (Wildman–Crippen MR) is 105 cm³/mol. The van der Waals surface area contributed by atoms with E-state index in [1.165, 1.54) is 0 Å². The molecule has 1 atom stereocenters. The van der Waals surface area contributed by atoms with Crippen molar-refractivity contribution in [3.05, 3.63) is 76.8 Å². The minimum Gasteiger partial charge on any atom is -0.438 e. The van der Waals surface area contributed by atoms with Crippen molar-refractivity contribution in [3.8, 4) is 11.3 Å². The Hall–Kier alpha value is -3.12. The smallest absolute Gasteiger partial charge is 0.325 e. The van der Waals surface area contributed by atoms with Crippen molar-refractivity contribution in [1.29, 1.82) is 0 Å². The van der Waals surface area contributed by atoms with Crippen LogP contribution in [0.4, 0.5) is 4.79 Å². The van der Waals surface area contributed by atoms with Crippen LogP contribution in [0.5, 0.6) is 0 Å². The number of nitrogens with one attached hydrogen (secondary N) is 1. The standard InChI is InChI=1S/C21H18ClN3O3/c1-13-18(14-8-10-16(22)11-9-14)28-17(23-13)12-25-19(26)21(2,24-20(25)27)15-6-4-3-5-7-15/h3-11H,12H2,1-2H3,(H,24,27)/t21-/m0/s1. The number of oxazole rings is 1. The molecule has 2 aromatic carbocycles. The minimum atomic E-state index is -1.11. The lowest BCUT2D eigenvalue weighted by molar-refractivity contribution is -0.131. The Balaban J connectivity index is 1.60. The number of carbonyl (C=O) groups is 2. The predicted octanol–water partition coefficient (Wildman–Crippen LogP) is 4.27. The van der Waals surface area contributed by atoms with Gasteiger partial charge in [0.2, 0.25) is 5.89 Å². The summed E-state index contributed by atoms with van der Waals surface area (Å²) in [6.45, 7) is 3.47. The van der Waals surface area contributed by atoms with Gasteiger partial charge in [0.1, 0.15) is 12.1 Å². The third-order valence-corrected chi connectivity index (χ3v) is 5.12. The molecular formula is C21H18ClN3O3. The highest BCUT2D eigenvalue weighted by molar-refractivity contribution is 6.30. The summed E-state index contributed by atoms with van der Waals surface area (Å²) in [4.78, 5) is 31.0. The first-order valence-electron chi connectivity index (χ1n) is 8.80. The largest absolute Gasteiger partial charge is 0.438 e. The van der Waals surface area contributed by atoms with E-state index in [-0.39, 0.29) is 12.5 Å². The van der Waals surface area contributed by atoms with Crippen molar-refractivity contribution in [2.45, 2.75) is 25.9 Å². The molecule has 0 bridgehead atoms. The molecular weight excluding hydrogens is 378 g/mol. The molecule has 1 saturated heterocycles. The van der Waals surface area contributed by atoms with Gasteiger partial charge in [0.15, 0.2) is 5.76 Å². The summed E-state index contributed by atoms with van der Waals surface area (Å²) in [7, 11) is 0. The third kappa shape index (κ3) is 3.05. The molecule has 1 fully saturated rings. The molecule has 1 aliphatic rings. The molecule has 1 N–H and O–H groups in total. The zero-order valence-electron chi connectivity index (χ0n) is 15.4. The molecule has 4 rings (SSSR count). The minimum absolute atomic E-state index is 0.0402. The Labute approximate surface area is 167 Å². The Morgan fingerprint density at radius 2 is 1.79 bits per heavy atom. The number of benzene rings is 2. The van der Waals surface area contributed by atoms with E-state index in [1.807, 2.05) is 49.4 Å². The van der Waals surface area contributed by atoms with Gasteiger partial charge in [-0.3, -0.25) is 9.69 Å². The summed E-state index contributed by atoms with van der Waals surface area (Å²) in [5, 5.41) is 3.40. The summed E-state index contributed by atoms with van der Waals surface area (Å²) in [5.41, 5.74) is 1.11. The molecule has 2 heterocycles. The topological polar surface area (TPSA) is 75.4 Å². The molecule has 6 nitrogen and oxygen atoms in total. The zero-order valence-corrected chi connectivity index (χ0v) is 16.2. The lowest BCUT2D eigenvalue weighted by Gasteiger charge is -2.21. The summed E-state index contributed by atoms with van der Waals surface area (Å²) in [6, 6.07) is 15.9.